The molecule has 2 aromatic rings. The van der Waals surface area contributed by atoms with Crippen molar-refractivity contribution in [3.8, 4) is 0 Å². The Morgan fingerprint density at radius 1 is 1.00 bits per heavy atom. The van der Waals surface area contributed by atoms with Crippen LogP contribution in [0.4, 0.5) is 0 Å². The van der Waals surface area contributed by atoms with Gasteiger partial charge >= 0.3 is 0 Å². The number of likely N-dealkylation sites (N-methyl/N-ethyl adjacent to an activating group) is 1. The molecule has 1 amide bonds. The van der Waals surface area contributed by atoms with E-state index >= 15 is 0 Å². The minimum atomic E-state index is 0. The number of carbonyl (C=O) groups is 1. The molecular weight excluding hydrogens is 463 g/mol. The number of aliphatic imine (C=N–C) groups is 1. The standard InChI is InChI=1S/C22H30N4O.HI/c1-4-23-22(24-15-20-14-10-9-11-18(20)3)25-16-21(27)26(5-2)17-19-12-7-6-8-13-19;/h6-14H,4-5,15-17H2,1-3H3,(H2,23,24,25);1H. The summed E-state index contributed by atoms with van der Waals surface area (Å²) in [7, 11) is 0. The maximum Gasteiger partial charge on any atom is 0.242 e. The molecule has 0 heterocycles. The molecule has 0 atom stereocenters. The van der Waals surface area contributed by atoms with Crippen molar-refractivity contribution in [1.29, 1.82) is 0 Å². The number of rotatable bonds is 8. The maximum absolute atomic E-state index is 12.6. The van der Waals surface area contributed by atoms with Crippen molar-refractivity contribution in [2.24, 2.45) is 4.99 Å². The van der Waals surface area contributed by atoms with Crippen LogP contribution < -0.4 is 10.6 Å². The van der Waals surface area contributed by atoms with Crippen LogP contribution in [0.1, 0.15) is 30.5 Å². The summed E-state index contributed by atoms with van der Waals surface area (Å²) in [5.41, 5.74) is 3.53. The van der Waals surface area contributed by atoms with Crippen LogP contribution in [0.2, 0.25) is 0 Å². The molecule has 0 aliphatic heterocycles. The fourth-order valence-corrected chi connectivity index (χ4v) is 2.74. The van der Waals surface area contributed by atoms with Gasteiger partial charge in [-0.05, 0) is 37.5 Å². The number of aryl methyl sites for hydroxylation is 1. The summed E-state index contributed by atoms with van der Waals surface area (Å²) in [5.74, 6) is 0.715. The van der Waals surface area contributed by atoms with E-state index in [0.717, 1.165) is 12.1 Å². The predicted molar refractivity (Wildman–Crippen MR) is 127 cm³/mol. The highest BCUT2D eigenvalue weighted by atomic mass is 127. The third-order valence-corrected chi connectivity index (χ3v) is 4.37. The zero-order chi connectivity index (χ0) is 19.5. The lowest BCUT2D eigenvalue weighted by Crippen LogP contribution is -2.44. The minimum absolute atomic E-state index is 0. The Hall–Kier alpha value is -2.09. The molecule has 5 nitrogen and oxygen atoms in total. The lowest BCUT2D eigenvalue weighted by atomic mass is 10.1. The van der Waals surface area contributed by atoms with Crippen molar-refractivity contribution in [3.05, 3.63) is 71.3 Å². The molecule has 0 aromatic heterocycles. The molecule has 2 rings (SSSR count). The number of nitrogens with zero attached hydrogens (tertiary/aromatic N) is 2. The van der Waals surface area contributed by atoms with Crippen molar-refractivity contribution in [2.45, 2.75) is 33.9 Å². The van der Waals surface area contributed by atoms with E-state index < -0.39 is 0 Å². The molecule has 0 saturated carbocycles. The Morgan fingerprint density at radius 3 is 2.32 bits per heavy atom. The molecule has 0 aliphatic rings. The number of benzene rings is 2. The van der Waals surface area contributed by atoms with Gasteiger partial charge < -0.3 is 15.5 Å². The summed E-state index contributed by atoms with van der Waals surface area (Å²) in [6.07, 6.45) is 0. The molecule has 0 aliphatic carbocycles. The molecule has 0 saturated heterocycles. The lowest BCUT2D eigenvalue weighted by molar-refractivity contribution is -0.130. The quantitative estimate of drug-likeness (QED) is 0.334. The van der Waals surface area contributed by atoms with Gasteiger partial charge in [0, 0.05) is 19.6 Å². The zero-order valence-electron chi connectivity index (χ0n) is 16.9. The Morgan fingerprint density at radius 2 is 1.68 bits per heavy atom. The van der Waals surface area contributed by atoms with Gasteiger partial charge in [0.05, 0.1) is 13.1 Å². The summed E-state index contributed by atoms with van der Waals surface area (Å²) in [6, 6.07) is 18.2. The van der Waals surface area contributed by atoms with Crippen LogP contribution in [0.25, 0.3) is 0 Å². The first kappa shape index (κ1) is 23.9. The van der Waals surface area contributed by atoms with Crippen molar-refractivity contribution >= 4 is 35.8 Å². The average Bonchev–Trinajstić information content (AvgIpc) is 2.70. The summed E-state index contributed by atoms with van der Waals surface area (Å²) >= 11 is 0. The number of hydrogen-bond donors (Lipinski definition) is 2. The third kappa shape index (κ3) is 7.88. The second-order valence-electron chi connectivity index (χ2n) is 6.37. The van der Waals surface area contributed by atoms with Crippen LogP contribution in [0.3, 0.4) is 0 Å². The van der Waals surface area contributed by atoms with Crippen LogP contribution >= 0.6 is 24.0 Å². The number of amides is 1. The molecule has 6 heteroatoms. The van der Waals surface area contributed by atoms with E-state index in [1.165, 1.54) is 11.1 Å². The first-order valence-corrected chi connectivity index (χ1v) is 9.52. The van der Waals surface area contributed by atoms with E-state index in [2.05, 4.69) is 34.7 Å². The third-order valence-electron chi connectivity index (χ3n) is 4.37. The first-order chi connectivity index (χ1) is 13.1. The number of halogens is 1. The lowest BCUT2D eigenvalue weighted by Gasteiger charge is -2.22. The van der Waals surface area contributed by atoms with Gasteiger partial charge in [-0.2, -0.15) is 0 Å². The van der Waals surface area contributed by atoms with E-state index in [0.29, 0.717) is 25.6 Å². The average molecular weight is 494 g/mol. The monoisotopic (exact) mass is 494 g/mol. The molecule has 28 heavy (non-hydrogen) atoms. The molecule has 0 radical (unpaired) electrons. The van der Waals surface area contributed by atoms with Crippen molar-refractivity contribution in [1.82, 2.24) is 15.5 Å². The normalized spacial score (nSPS) is 10.8. The highest BCUT2D eigenvalue weighted by Gasteiger charge is 2.12. The van der Waals surface area contributed by atoms with Crippen LogP contribution in [-0.4, -0.2) is 36.4 Å². The number of carbonyl (C=O) groups excluding carboxylic acids is 1. The largest absolute Gasteiger partial charge is 0.357 e. The van der Waals surface area contributed by atoms with E-state index in [9.17, 15) is 4.79 Å². The molecular formula is C22H31IN4O. The molecule has 0 spiro atoms. The van der Waals surface area contributed by atoms with Crippen molar-refractivity contribution in [2.75, 3.05) is 19.6 Å². The SMILES string of the molecule is CCNC(=NCc1ccccc1C)NCC(=O)N(CC)Cc1ccccc1.I. The summed E-state index contributed by atoms with van der Waals surface area (Å²) < 4.78 is 0. The van der Waals surface area contributed by atoms with Crippen molar-refractivity contribution in [3.63, 3.8) is 0 Å². The summed E-state index contributed by atoms with van der Waals surface area (Å²) in [4.78, 5) is 19.0. The second-order valence-corrected chi connectivity index (χ2v) is 6.37. The van der Waals surface area contributed by atoms with Crippen LogP contribution in [0.15, 0.2) is 59.6 Å². The first-order valence-electron chi connectivity index (χ1n) is 9.52. The fraction of sp³-hybridized carbons (Fsp3) is 0.364. The highest BCUT2D eigenvalue weighted by Crippen LogP contribution is 2.08. The zero-order valence-corrected chi connectivity index (χ0v) is 19.3. The highest BCUT2D eigenvalue weighted by molar-refractivity contribution is 14.0. The van der Waals surface area contributed by atoms with Crippen LogP contribution in [0.5, 0.6) is 0 Å². The van der Waals surface area contributed by atoms with Gasteiger partial charge in [0.25, 0.3) is 0 Å². The van der Waals surface area contributed by atoms with Gasteiger partial charge in [-0.25, -0.2) is 4.99 Å². The fourth-order valence-electron chi connectivity index (χ4n) is 2.74. The number of nitrogens with one attached hydrogen (secondary N) is 2. The van der Waals surface area contributed by atoms with Gasteiger partial charge in [-0.1, -0.05) is 54.6 Å². The van der Waals surface area contributed by atoms with E-state index in [-0.39, 0.29) is 36.4 Å². The van der Waals surface area contributed by atoms with Crippen LogP contribution in [0, 0.1) is 6.92 Å². The van der Waals surface area contributed by atoms with E-state index in [1.807, 2.05) is 61.2 Å². The molecule has 0 unspecified atom stereocenters. The van der Waals surface area contributed by atoms with Gasteiger partial charge in [0.15, 0.2) is 5.96 Å². The second kappa shape index (κ2) is 13.1. The van der Waals surface area contributed by atoms with Crippen LogP contribution in [-0.2, 0) is 17.9 Å². The molecule has 2 N–H and O–H groups in total. The molecule has 0 fully saturated rings. The van der Waals surface area contributed by atoms with Gasteiger partial charge in [-0.15, -0.1) is 24.0 Å². The Balaban J connectivity index is 0.00000392. The Labute approximate surface area is 185 Å². The maximum atomic E-state index is 12.6. The van der Waals surface area contributed by atoms with E-state index in [4.69, 9.17) is 0 Å². The van der Waals surface area contributed by atoms with E-state index in [1.54, 1.807) is 0 Å². The minimum Gasteiger partial charge on any atom is -0.357 e. The smallest absolute Gasteiger partial charge is 0.242 e. The van der Waals surface area contributed by atoms with Crippen molar-refractivity contribution < 1.29 is 4.79 Å². The van der Waals surface area contributed by atoms with Gasteiger partial charge in [0.1, 0.15) is 0 Å². The molecule has 2 aromatic carbocycles. The number of guanidine groups is 1. The predicted octanol–water partition coefficient (Wildman–Crippen LogP) is 3.72. The number of hydrogen-bond acceptors (Lipinski definition) is 2. The Bertz CT molecular complexity index is 749. The summed E-state index contributed by atoms with van der Waals surface area (Å²) in [5, 5.41) is 6.36. The Kier molecular flexibility index (Phi) is 11.2. The topological polar surface area (TPSA) is 56.7 Å². The van der Waals surface area contributed by atoms with Gasteiger partial charge in [-0.3, -0.25) is 4.79 Å². The molecule has 152 valence electrons. The van der Waals surface area contributed by atoms with Gasteiger partial charge in [0.2, 0.25) is 5.91 Å². The summed E-state index contributed by atoms with van der Waals surface area (Å²) in [6.45, 7) is 8.94. The molecule has 0 bridgehead atoms.